The Morgan fingerprint density at radius 3 is 2.65 bits per heavy atom. The van der Waals surface area contributed by atoms with E-state index in [2.05, 4.69) is 29.8 Å². The van der Waals surface area contributed by atoms with E-state index in [0.717, 1.165) is 49.6 Å². The number of amidine groups is 1. The summed E-state index contributed by atoms with van der Waals surface area (Å²) < 4.78 is 6.29. The van der Waals surface area contributed by atoms with Crippen molar-refractivity contribution in [2.75, 3.05) is 20.1 Å². The topological polar surface area (TPSA) is 50.8 Å². The number of allylic oxidation sites excluding steroid dienone is 5. The molecule has 1 heterocycles. The molecule has 128 valence electrons. The zero-order valence-electron chi connectivity index (χ0n) is 14.4. The summed E-state index contributed by atoms with van der Waals surface area (Å²) in [5.41, 5.74) is 7.25. The zero-order chi connectivity index (χ0) is 16.8. The molecule has 0 aromatic carbocycles. The Morgan fingerprint density at radius 1 is 1.43 bits per heavy atom. The van der Waals surface area contributed by atoms with E-state index in [1.807, 2.05) is 12.2 Å². The van der Waals surface area contributed by atoms with Gasteiger partial charge in [-0.3, -0.25) is 0 Å². The molecule has 0 aromatic heterocycles. The number of nitrogens with zero attached hydrogens (tertiary/aromatic N) is 2. The number of piperidine rings is 1. The van der Waals surface area contributed by atoms with Crippen molar-refractivity contribution >= 4 is 17.6 Å². The maximum absolute atomic E-state index is 6.29. The Labute approximate surface area is 144 Å². The number of nitrogens with two attached hydrogens (primary N) is 1. The van der Waals surface area contributed by atoms with E-state index >= 15 is 0 Å². The predicted molar refractivity (Wildman–Crippen MR) is 97.4 cm³/mol. The molecule has 1 unspecified atom stereocenters. The Bertz CT molecular complexity index is 528. The van der Waals surface area contributed by atoms with Gasteiger partial charge in [0.2, 0.25) is 0 Å². The summed E-state index contributed by atoms with van der Waals surface area (Å²) >= 11 is 6.04. The Kier molecular flexibility index (Phi) is 6.72. The van der Waals surface area contributed by atoms with Gasteiger partial charge < -0.3 is 15.4 Å². The number of rotatable bonds is 3. The summed E-state index contributed by atoms with van der Waals surface area (Å²) in [6, 6.07) is 0.999. The summed E-state index contributed by atoms with van der Waals surface area (Å²) in [5.74, 6) is 1.22. The molecule has 1 fully saturated rings. The first-order chi connectivity index (χ1) is 11.0. The van der Waals surface area contributed by atoms with Crippen LogP contribution in [0.25, 0.3) is 0 Å². The fourth-order valence-electron chi connectivity index (χ4n) is 2.88. The number of hydrogen-bond donors (Lipinski definition) is 1. The van der Waals surface area contributed by atoms with Crippen LogP contribution in [0.3, 0.4) is 0 Å². The Balaban J connectivity index is 2.13. The van der Waals surface area contributed by atoms with Crippen LogP contribution in [0.1, 0.15) is 39.5 Å². The van der Waals surface area contributed by atoms with Crippen molar-refractivity contribution in [3.05, 3.63) is 34.6 Å². The van der Waals surface area contributed by atoms with Gasteiger partial charge in [0.15, 0.2) is 0 Å². The summed E-state index contributed by atoms with van der Waals surface area (Å²) in [6.07, 6.45) is 9.90. The van der Waals surface area contributed by atoms with Crippen molar-refractivity contribution in [2.45, 2.75) is 45.6 Å². The van der Waals surface area contributed by atoms with E-state index in [0.29, 0.717) is 12.1 Å². The second-order valence-corrected chi connectivity index (χ2v) is 6.66. The van der Waals surface area contributed by atoms with Crippen LogP contribution in [0, 0.1) is 5.92 Å². The highest BCUT2D eigenvalue weighted by molar-refractivity contribution is 6.31. The van der Waals surface area contributed by atoms with Crippen LogP contribution >= 0.6 is 11.6 Å². The number of halogens is 1. The van der Waals surface area contributed by atoms with Crippen molar-refractivity contribution in [1.82, 2.24) is 4.90 Å². The van der Waals surface area contributed by atoms with E-state index < -0.39 is 0 Å². The lowest BCUT2D eigenvalue weighted by atomic mass is 9.95. The minimum atomic E-state index is 0.223. The third-order valence-electron chi connectivity index (χ3n) is 4.54. The van der Waals surface area contributed by atoms with E-state index in [1.54, 1.807) is 7.05 Å². The van der Waals surface area contributed by atoms with Crippen molar-refractivity contribution in [3.63, 3.8) is 0 Å². The highest BCUT2D eigenvalue weighted by atomic mass is 35.5. The molecular formula is C18H28ClN3O. The average Bonchev–Trinajstić information content (AvgIpc) is 2.57. The first kappa shape index (κ1) is 18.1. The third-order valence-corrected chi connectivity index (χ3v) is 4.83. The van der Waals surface area contributed by atoms with Gasteiger partial charge in [-0.15, -0.1) is 0 Å². The lowest BCUT2D eigenvalue weighted by Gasteiger charge is -2.33. The maximum atomic E-state index is 6.29. The van der Waals surface area contributed by atoms with Gasteiger partial charge in [0.05, 0.1) is 0 Å². The molecule has 0 radical (unpaired) electrons. The number of likely N-dealkylation sites (tertiary alicyclic amines) is 1. The largest absolute Gasteiger partial charge is 0.430 e. The molecule has 23 heavy (non-hydrogen) atoms. The lowest BCUT2D eigenvalue weighted by Crippen LogP contribution is -2.44. The van der Waals surface area contributed by atoms with Gasteiger partial charge in [-0.05, 0) is 44.3 Å². The molecule has 0 spiro atoms. The van der Waals surface area contributed by atoms with Gasteiger partial charge in [0, 0.05) is 37.1 Å². The molecule has 1 aliphatic carbocycles. The van der Waals surface area contributed by atoms with Crippen molar-refractivity contribution in [1.29, 1.82) is 0 Å². The van der Waals surface area contributed by atoms with Crippen molar-refractivity contribution < 1.29 is 4.74 Å². The SMILES string of the molecule is CC/C(C)=C(\O/C(=N\C)N1CCC(N)CC1)C1C=CC(Cl)=CC1. The minimum absolute atomic E-state index is 0.223. The van der Waals surface area contributed by atoms with Gasteiger partial charge in [-0.25, -0.2) is 4.99 Å². The summed E-state index contributed by atoms with van der Waals surface area (Å²) in [5, 5.41) is 0.796. The first-order valence-electron chi connectivity index (χ1n) is 8.43. The molecule has 0 bridgehead atoms. The fraction of sp³-hybridized carbons (Fsp3) is 0.611. The average molecular weight is 338 g/mol. The van der Waals surface area contributed by atoms with Gasteiger partial charge in [0.1, 0.15) is 5.76 Å². The van der Waals surface area contributed by atoms with Gasteiger partial charge in [-0.1, -0.05) is 30.7 Å². The number of hydrogen-bond acceptors (Lipinski definition) is 3. The van der Waals surface area contributed by atoms with Crippen LogP contribution < -0.4 is 5.73 Å². The predicted octanol–water partition coefficient (Wildman–Crippen LogP) is 3.79. The molecule has 2 rings (SSSR count). The van der Waals surface area contributed by atoms with Crippen LogP contribution in [0.5, 0.6) is 0 Å². The van der Waals surface area contributed by atoms with Gasteiger partial charge in [0.25, 0.3) is 6.02 Å². The maximum Gasteiger partial charge on any atom is 0.292 e. The molecule has 1 aliphatic heterocycles. The van der Waals surface area contributed by atoms with E-state index in [-0.39, 0.29) is 5.92 Å². The number of aliphatic imine (C=N–C) groups is 1. The molecule has 5 heteroatoms. The molecular weight excluding hydrogens is 310 g/mol. The van der Waals surface area contributed by atoms with Crippen LogP contribution in [-0.4, -0.2) is 37.1 Å². The monoisotopic (exact) mass is 337 g/mol. The summed E-state index contributed by atoms with van der Waals surface area (Å²) in [6.45, 7) is 6.08. The van der Waals surface area contributed by atoms with Crippen molar-refractivity contribution in [2.24, 2.45) is 16.6 Å². The normalized spacial score (nSPS) is 24.4. The van der Waals surface area contributed by atoms with Crippen LogP contribution in [0.2, 0.25) is 0 Å². The van der Waals surface area contributed by atoms with E-state index in [9.17, 15) is 0 Å². The molecule has 2 aliphatic rings. The third kappa shape index (κ3) is 4.85. The quantitative estimate of drug-likeness (QED) is 0.484. The Hall–Kier alpha value is -1.26. The second-order valence-electron chi connectivity index (χ2n) is 6.22. The second kappa shape index (κ2) is 8.55. The molecule has 0 amide bonds. The fourth-order valence-corrected chi connectivity index (χ4v) is 3.04. The lowest BCUT2D eigenvalue weighted by molar-refractivity contribution is 0.230. The molecule has 2 N–H and O–H groups in total. The zero-order valence-corrected chi connectivity index (χ0v) is 15.1. The molecule has 0 saturated carbocycles. The first-order valence-corrected chi connectivity index (χ1v) is 8.81. The molecule has 1 saturated heterocycles. The van der Waals surface area contributed by atoms with Gasteiger partial charge >= 0.3 is 0 Å². The van der Waals surface area contributed by atoms with E-state index in [1.165, 1.54) is 5.57 Å². The Morgan fingerprint density at radius 2 is 2.13 bits per heavy atom. The summed E-state index contributed by atoms with van der Waals surface area (Å²) in [7, 11) is 1.79. The minimum Gasteiger partial charge on any atom is -0.430 e. The smallest absolute Gasteiger partial charge is 0.292 e. The summed E-state index contributed by atoms with van der Waals surface area (Å²) in [4.78, 5) is 6.58. The van der Waals surface area contributed by atoms with E-state index in [4.69, 9.17) is 22.1 Å². The van der Waals surface area contributed by atoms with Crippen LogP contribution in [0.4, 0.5) is 0 Å². The van der Waals surface area contributed by atoms with Gasteiger partial charge in [-0.2, -0.15) is 0 Å². The van der Waals surface area contributed by atoms with Crippen LogP contribution in [-0.2, 0) is 4.74 Å². The number of ether oxygens (including phenoxy) is 1. The molecule has 4 nitrogen and oxygen atoms in total. The highest BCUT2D eigenvalue weighted by Crippen LogP contribution is 2.29. The molecule has 0 aromatic rings. The molecule has 1 atom stereocenters. The van der Waals surface area contributed by atoms with Crippen molar-refractivity contribution in [3.8, 4) is 0 Å². The standard InChI is InChI=1S/C18H28ClN3O/c1-4-13(2)17(14-5-7-15(19)8-6-14)23-18(21-3)22-11-9-16(20)10-12-22/h5,7-8,14,16H,4,6,9-12,20H2,1-3H3/b17-13-,21-18-. The highest BCUT2D eigenvalue weighted by Gasteiger charge is 2.24. The van der Waals surface area contributed by atoms with Crippen LogP contribution in [0.15, 0.2) is 39.6 Å².